The molecule has 4 heterocycles. The molecular weight excluding hydrogens is 559 g/mol. The van der Waals surface area contributed by atoms with E-state index in [1.165, 1.54) is 21.6 Å². The summed E-state index contributed by atoms with van der Waals surface area (Å²) in [7, 11) is -1.87. The highest BCUT2D eigenvalue weighted by Gasteiger charge is 2.39. The molecule has 0 saturated carbocycles. The Morgan fingerprint density at radius 3 is 2.27 bits per heavy atom. The number of rotatable bonds is 7. The minimum absolute atomic E-state index is 0.135. The maximum absolute atomic E-state index is 7.40. The zero-order valence-electron chi connectivity index (χ0n) is 24.8. The van der Waals surface area contributed by atoms with Gasteiger partial charge in [-0.25, -0.2) is 0 Å². The van der Waals surface area contributed by atoms with Crippen molar-refractivity contribution < 1.29 is 4.18 Å². The molecule has 7 rings (SSSR count). The van der Waals surface area contributed by atoms with Crippen LogP contribution < -0.4 is 4.18 Å². The Morgan fingerprint density at radius 2 is 1.48 bits per heavy atom. The van der Waals surface area contributed by atoms with Crippen molar-refractivity contribution in [3.05, 3.63) is 163 Å². The lowest BCUT2D eigenvalue weighted by Gasteiger charge is -2.45. The normalized spacial score (nSPS) is 19.6. The molecule has 44 heavy (non-hydrogen) atoms. The summed E-state index contributed by atoms with van der Waals surface area (Å²) in [6.07, 6.45) is 8.54. The van der Waals surface area contributed by atoms with E-state index in [1.807, 2.05) is 43.0 Å². The van der Waals surface area contributed by atoms with Gasteiger partial charge in [0.25, 0.3) is 0 Å². The zero-order chi connectivity index (χ0) is 29.8. The first-order valence-corrected chi connectivity index (χ1v) is 17.1. The molecule has 3 atom stereocenters. The van der Waals surface area contributed by atoms with E-state index < -0.39 is 10.3 Å². The molecule has 218 valence electrons. The Labute approximate surface area is 261 Å². The fourth-order valence-corrected chi connectivity index (χ4v) is 9.82. The number of hydrogen-bond acceptors (Lipinski definition) is 4. The summed E-state index contributed by atoms with van der Waals surface area (Å²) in [5, 5.41) is 0. The van der Waals surface area contributed by atoms with Gasteiger partial charge < -0.3 is 4.18 Å². The van der Waals surface area contributed by atoms with Gasteiger partial charge in [-0.3, -0.25) is 15.0 Å². The second-order valence-corrected chi connectivity index (χ2v) is 14.4. The number of aryl methyl sites for hydroxylation is 1. The SMILES string of the molecule is CC(c1cccc(-c2ccccc2)n1)C1CS(CCc2cccnc2)(c2cccnc2)Oc2ccccc2-c2ccccc21. The van der Waals surface area contributed by atoms with Crippen LogP contribution in [0.15, 0.2) is 151 Å². The third-order valence-corrected chi connectivity index (χ3v) is 12.0. The molecule has 0 amide bonds. The average Bonchev–Trinajstić information content (AvgIpc) is 3.10. The molecule has 0 radical (unpaired) electrons. The quantitative estimate of drug-likeness (QED) is 0.185. The Balaban J connectivity index is 1.40. The second kappa shape index (κ2) is 12.5. The minimum Gasteiger partial charge on any atom is -0.444 e. The first-order chi connectivity index (χ1) is 21.7. The molecule has 1 aliphatic rings. The van der Waals surface area contributed by atoms with Gasteiger partial charge in [0.2, 0.25) is 0 Å². The molecule has 3 aromatic heterocycles. The summed E-state index contributed by atoms with van der Waals surface area (Å²) in [5.74, 6) is 2.93. The van der Waals surface area contributed by atoms with Crippen molar-refractivity contribution in [3.8, 4) is 28.1 Å². The number of benzene rings is 3. The van der Waals surface area contributed by atoms with Crippen molar-refractivity contribution in [2.45, 2.75) is 30.1 Å². The molecule has 5 heteroatoms. The number of nitrogens with zero attached hydrogens (tertiary/aromatic N) is 3. The molecule has 4 nitrogen and oxygen atoms in total. The predicted molar refractivity (Wildman–Crippen MR) is 181 cm³/mol. The van der Waals surface area contributed by atoms with E-state index in [9.17, 15) is 0 Å². The molecule has 0 N–H and O–H groups in total. The van der Waals surface area contributed by atoms with Crippen LogP contribution in [0.5, 0.6) is 5.75 Å². The average molecular weight is 594 g/mol. The molecule has 1 aliphatic heterocycles. The van der Waals surface area contributed by atoms with Crippen LogP contribution in [0.4, 0.5) is 0 Å². The molecule has 0 saturated heterocycles. The first kappa shape index (κ1) is 28.1. The maximum Gasteiger partial charge on any atom is 0.143 e. The lowest BCUT2D eigenvalue weighted by Crippen LogP contribution is -2.27. The summed E-state index contributed by atoms with van der Waals surface area (Å²) in [5.41, 5.74) is 8.13. The van der Waals surface area contributed by atoms with Gasteiger partial charge in [-0.15, -0.1) is 0 Å². The molecule has 0 spiro atoms. The zero-order valence-corrected chi connectivity index (χ0v) is 25.6. The topological polar surface area (TPSA) is 47.9 Å². The highest BCUT2D eigenvalue weighted by Crippen LogP contribution is 2.63. The molecule has 6 aromatic rings. The van der Waals surface area contributed by atoms with Gasteiger partial charge in [-0.05, 0) is 59.5 Å². The van der Waals surface area contributed by atoms with E-state index >= 15 is 0 Å². The standard InChI is InChI=1S/C39H35N3OS/c1-29(37-19-9-20-38(42-37)31-13-3-2-4-14-31)36-28-44(32-15-11-24-41-27-32,25-22-30-12-10-23-40-26-30)43-39-21-8-7-18-35(39)33-16-5-6-17-34(33)36/h2-21,23-24,26-27,29,36H,22,25,28H2,1H3. The van der Waals surface area contributed by atoms with Crippen LogP contribution in [-0.4, -0.2) is 26.5 Å². The van der Waals surface area contributed by atoms with Crippen LogP contribution in [0.3, 0.4) is 0 Å². The largest absolute Gasteiger partial charge is 0.444 e. The Kier molecular flexibility index (Phi) is 7.95. The van der Waals surface area contributed by atoms with Gasteiger partial charge in [-0.2, -0.15) is 0 Å². The summed E-state index contributed by atoms with van der Waals surface area (Å²) in [6, 6.07) is 42.7. The monoisotopic (exact) mass is 593 g/mol. The van der Waals surface area contributed by atoms with Crippen molar-refractivity contribution in [3.63, 3.8) is 0 Å². The van der Waals surface area contributed by atoms with Crippen LogP contribution in [0.1, 0.15) is 35.6 Å². The molecular formula is C39H35N3OS. The van der Waals surface area contributed by atoms with Crippen LogP contribution in [-0.2, 0) is 6.42 Å². The highest BCUT2D eigenvalue weighted by molar-refractivity contribution is 8.30. The lowest BCUT2D eigenvalue weighted by molar-refractivity contribution is 0.567. The first-order valence-electron chi connectivity index (χ1n) is 15.2. The number of fused-ring (bicyclic) bond motifs is 3. The van der Waals surface area contributed by atoms with E-state index in [0.717, 1.165) is 46.2 Å². The van der Waals surface area contributed by atoms with Gasteiger partial charge in [0, 0.05) is 69.8 Å². The Morgan fingerprint density at radius 1 is 0.727 bits per heavy atom. The van der Waals surface area contributed by atoms with E-state index in [2.05, 4.69) is 120 Å². The molecule has 0 fully saturated rings. The van der Waals surface area contributed by atoms with Crippen LogP contribution in [0, 0.1) is 0 Å². The van der Waals surface area contributed by atoms with E-state index in [0.29, 0.717) is 0 Å². The number of hydrogen-bond donors (Lipinski definition) is 0. The molecule has 3 aromatic carbocycles. The summed E-state index contributed by atoms with van der Waals surface area (Å²) in [4.78, 5) is 15.4. The van der Waals surface area contributed by atoms with Crippen LogP contribution in [0.2, 0.25) is 0 Å². The van der Waals surface area contributed by atoms with Gasteiger partial charge in [-0.1, -0.05) is 102 Å². The second-order valence-electron chi connectivity index (χ2n) is 11.4. The molecule has 3 unspecified atom stereocenters. The van der Waals surface area contributed by atoms with E-state index in [4.69, 9.17) is 9.17 Å². The van der Waals surface area contributed by atoms with Gasteiger partial charge in [0.15, 0.2) is 0 Å². The fraction of sp³-hybridized carbons (Fsp3) is 0.154. The summed E-state index contributed by atoms with van der Waals surface area (Å²) >= 11 is 0. The maximum atomic E-state index is 7.40. The Bertz CT molecular complexity index is 1850. The van der Waals surface area contributed by atoms with Crippen LogP contribution in [0.25, 0.3) is 22.4 Å². The molecule has 0 bridgehead atoms. The lowest BCUT2D eigenvalue weighted by atomic mass is 9.82. The predicted octanol–water partition coefficient (Wildman–Crippen LogP) is 9.51. The van der Waals surface area contributed by atoms with Gasteiger partial charge in [0.1, 0.15) is 5.75 Å². The smallest absolute Gasteiger partial charge is 0.143 e. The summed E-state index contributed by atoms with van der Waals surface area (Å²) < 4.78 is 7.40. The van der Waals surface area contributed by atoms with Crippen molar-refractivity contribution >= 4 is 10.3 Å². The fourth-order valence-electron chi connectivity index (χ4n) is 6.29. The van der Waals surface area contributed by atoms with Gasteiger partial charge in [0.05, 0.1) is 5.69 Å². The van der Waals surface area contributed by atoms with Crippen molar-refractivity contribution in [1.29, 1.82) is 0 Å². The number of pyridine rings is 3. The third-order valence-electron chi connectivity index (χ3n) is 8.65. The Hall–Kier alpha value is -4.74. The van der Waals surface area contributed by atoms with Crippen molar-refractivity contribution in [2.75, 3.05) is 11.5 Å². The summed E-state index contributed by atoms with van der Waals surface area (Å²) in [6.45, 7) is 2.33. The van der Waals surface area contributed by atoms with Crippen molar-refractivity contribution in [1.82, 2.24) is 15.0 Å². The molecule has 0 aliphatic carbocycles. The van der Waals surface area contributed by atoms with Gasteiger partial charge >= 0.3 is 0 Å². The van der Waals surface area contributed by atoms with Crippen molar-refractivity contribution in [2.24, 2.45) is 0 Å². The third kappa shape index (κ3) is 5.63. The highest BCUT2D eigenvalue weighted by atomic mass is 32.3. The van der Waals surface area contributed by atoms with E-state index in [-0.39, 0.29) is 11.8 Å². The minimum atomic E-state index is -1.87. The van der Waals surface area contributed by atoms with E-state index in [1.54, 1.807) is 0 Å². The van der Waals surface area contributed by atoms with Crippen LogP contribution >= 0.6 is 10.3 Å². The number of para-hydroxylation sites is 1. The number of aromatic nitrogens is 3.